The van der Waals surface area contributed by atoms with E-state index in [2.05, 4.69) is 15.3 Å². The van der Waals surface area contributed by atoms with Gasteiger partial charge in [-0.3, -0.25) is 0 Å². The van der Waals surface area contributed by atoms with Gasteiger partial charge < -0.3 is 15.2 Å². The molecule has 3 aromatic rings. The summed E-state index contributed by atoms with van der Waals surface area (Å²) in [4.78, 5) is 9.87. The van der Waals surface area contributed by atoms with Crippen LogP contribution in [0.1, 0.15) is 42.7 Å². The molecule has 148 valence electrons. The van der Waals surface area contributed by atoms with E-state index in [4.69, 9.17) is 16.3 Å². The standard InChI is InChI=1S/C21H24ClN3O2S/c1-3-17(26)18-9-16-21(28-18)19(25-11-24-16)15-8-13(22)7-12(2)20(15)27-14-5-4-6-23-10-14/h7-9,11,14,17,23,26H,3-6,10H2,1-2H3/t14-,17?/m0/s1. The Labute approximate surface area is 173 Å². The monoisotopic (exact) mass is 417 g/mol. The molecule has 0 spiro atoms. The number of aryl methyl sites for hydroxylation is 1. The largest absolute Gasteiger partial charge is 0.488 e. The van der Waals surface area contributed by atoms with Crippen LogP contribution in [0.4, 0.5) is 0 Å². The van der Waals surface area contributed by atoms with Gasteiger partial charge in [0.1, 0.15) is 18.2 Å². The third-order valence-corrected chi connectivity index (χ3v) is 6.53. The number of aliphatic hydroxyl groups is 1. The Kier molecular flexibility index (Phi) is 5.83. The number of rotatable bonds is 5. The van der Waals surface area contributed by atoms with Gasteiger partial charge in [-0.05, 0) is 56.5 Å². The lowest BCUT2D eigenvalue weighted by atomic mass is 10.0. The Morgan fingerprint density at radius 3 is 2.96 bits per heavy atom. The molecule has 1 saturated heterocycles. The number of thiophene rings is 1. The maximum atomic E-state index is 10.3. The second-order valence-electron chi connectivity index (χ2n) is 7.20. The fourth-order valence-electron chi connectivity index (χ4n) is 3.58. The lowest BCUT2D eigenvalue weighted by Gasteiger charge is -2.26. The number of ether oxygens (including phenoxy) is 1. The van der Waals surface area contributed by atoms with Crippen LogP contribution in [0.5, 0.6) is 5.75 Å². The SMILES string of the molecule is CCC(O)c1cc2ncnc(-c3cc(Cl)cc(C)c3O[C@H]3CCCNC3)c2s1. The summed E-state index contributed by atoms with van der Waals surface area (Å²) < 4.78 is 7.37. The lowest BCUT2D eigenvalue weighted by Crippen LogP contribution is -2.37. The van der Waals surface area contributed by atoms with E-state index >= 15 is 0 Å². The summed E-state index contributed by atoms with van der Waals surface area (Å²) in [5, 5.41) is 14.3. The Bertz CT molecular complexity index is 985. The van der Waals surface area contributed by atoms with Crippen molar-refractivity contribution < 1.29 is 9.84 Å². The maximum absolute atomic E-state index is 10.3. The first-order chi connectivity index (χ1) is 13.6. The van der Waals surface area contributed by atoms with Gasteiger partial charge in [0.25, 0.3) is 0 Å². The molecule has 0 aliphatic carbocycles. The summed E-state index contributed by atoms with van der Waals surface area (Å²) in [6, 6.07) is 5.79. The zero-order valence-electron chi connectivity index (χ0n) is 16.0. The minimum atomic E-state index is -0.489. The van der Waals surface area contributed by atoms with E-state index in [0.29, 0.717) is 11.4 Å². The molecule has 1 aliphatic rings. The number of halogens is 1. The molecule has 2 atom stereocenters. The zero-order chi connectivity index (χ0) is 19.7. The van der Waals surface area contributed by atoms with E-state index in [1.165, 1.54) is 11.3 Å². The number of nitrogens with zero attached hydrogens (tertiary/aromatic N) is 2. The second kappa shape index (κ2) is 8.33. The van der Waals surface area contributed by atoms with Gasteiger partial charge in [0.2, 0.25) is 0 Å². The number of aromatic nitrogens is 2. The third kappa shape index (κ3) is 3.87. The summed E-state index contributed by atoms with van der Waals surface area (Å²) >= 11 is 7.93. The molecule has 5 nitrogen and oxygen atoms in total. The molecule has 2 N–H and O–H groups in total. The van der Waals surface area contributed by atoms with Gasteiger partial charge in [-0.2, -0.15) is 0 Å². The lowest BCUT2D eigenvalue weighted by molar-refractivity contribution is 0.167. The Morgan fingerprint density at radius 2 is 2.21 bits per heavy atom. The maximum Gasteiger partial charge on any atom is 0.132 e. The van der Waals surface area contributed by atoms with E-state index in [1.54, 1.807) is 6.33 Å². The predicted octanol–water partition coefficient (Wildman–Crippen LogP) is 4.89. The molecule has 3 heterocycles. The molecule has 28 heavy (non-hydrogen) atoms. The molecule has 0 saturated carbocycles. The quantitative estimate of drug-likeness (QED) is 0.618. The molecular formula is C21H24ClN3O2S. The predicted molar refractivity (Wildman–Crippen MR) is 114 cm³/mol. The number of benzene rings is 1. The van der Waals surface area contributed by atoms with E-state index in [0.717, 1.165) is 63.6 Å². The minimum absolute atomic E-state index is 0.130. The van der Waals surface area contributed by atoms with Crippen LogP contribution in [0.2, 0.25) is 5.02 Å². The molecular weight excluding hydrogens is 394 g/mol. The third-order valence-electron chi connectivity index (χ3n) is 5.08. The summed E-state index contributed by atoms with van der Waals surface area (Å²) in [6.07, 6.45) is 4.00. The highest BCUT2D eigenvalue weighted by atomic mass is 35.5. The fourth-order valence-corrected chi connectivity index (χ4v) is 5.04. The molecule has 0 amide bonds. The summed E-state index contributed by atoms with van der Waals surface area (Å²) in [7, 11) is 0. The highest BCUT2D eigenvalue weighted by Crippen LogP contribution is 2.41. The average Bonchev–Trinajstić information content (AvgIpc) is 3.14. The van der Waals surface area contributed by atoms with Gasteiger partial charge in [0, 0.05) is 22.0 Å². The normalized spacial score (nSPS) is 18.4. The summed E-state index contributed by atoms with van der Waals surface area (Å²) in [5.74, 6) is 0.823. The molecule has 1 aromatic carbocycles. The number of aliphatic hydroxyl groups excluding tert-OH is 1. The Balaban J connectivity index is 1.83. The molecule has 0 radical (unpaired) electrons. The average molecular weight is 418 g/mol. The van der Waals surface area contributed by atoms with Crippen LogP contribution in [-0.4, -0.2) is 34.3 Å². The van der Waals surface area contributed by atoms with E-state index in [9.17, 15) is 5.11 Å². The highest BCUT2D eigenvalue weighted by molar-refractivity contribution is 7.19. The Morgan fingerprint density at radius 1 is 1.36 bits per heavy atom. The van der Waals surface area contributed by atoms with Gasteiger partial charge in [0.15, 0.2) is 0 Å². The van der Waals surface area contributed by atoms with Crippen LogP contribution in [0, 0.1) is 6.92 Å². The Hall–Kier alpha value is -1.73. The van der Waals surface area contributed by atoms with E-state index < -0.39 is 6.10 Å². The van der Waals surface area contributed by atoms with Crippen molar-refractivity contribution in [1.29, 1.82) is 0 Å². The number of piperidine rings is 1. The molecule has 1 aliphatic heterocycles. The number of nitrogens with one attached hydrogen (secondary N) is 1. The van der Waals surface area contributed by atoms with Crippen LogP contribution in [0.15, 0.2) is 24.5 Å². The molecule has 1 unspecified atom stereocenters. The first-order valence-electron chi connectivity index (χ1n) is 9.67. The van der Waals surface area contributed by atoms with Crippen LogP contribution >= 0.6 is 22.9 Å². The molecule has 1 fully saturated rings. The van der Waals surface area contributed by atoms with Crippen molar-refractivity contribution in [3.8, 4) is 17.0 Å². The molecule has 2 aromatic heterocycles. The van der Waals surface area contributed by atoms with Crippen LogP contribution in [0.3, 0.4) is 0 Å². The van der Waals surface area contributed by atoms with Gasteiger partial charge >= 0.3 is 0 Å². The van der Waals surface area contributed by atoms with Gasteiger partial charge in [-0.25, -0.2) is 9.97 Å². The summed E-state index contributed by atoms with van der Waals surface area (Å²) in [6.45, 7) is 5.86. The van der Waals surface area contributed by atoms with E-state index in [1.807, 2.05) is 32.0 Å². The van der Waals surface area contributed by atoms with Crippen molar-refractivity contribution in [3.63, 3.8) is 0 Å². The van der Waals surface area contributed by atoms with E-state index in [-0.39, 0.29) is 6.10 Å². The van der Waals surface area contributed by atoms with Crippen molar-refractivity contribution in [2.75, 3.05) is 13.1 Å². The smallest absolute Gasteiger partial charge is 0.132 e. The van der Waals surface area contributed by atoms with Gasteiger partial charge in [-0.15, -0.1) is 11.3 Å². The molecule has 0 bridgehead atoms. The number of fused-ring (bicyclic) bond motifs is 1. The van der Waals surface area contributed by atoms with Gasteiger partial charge in [-0.1, -0.05) is 18.5 Å². The van der Waals surface area contributed by atoms with Crippen LogP contribution in [-0.2, 0) is 0 Å². The first-order valence-corrected chi connectivity index (χ1v) is 10.9. The van der Waals surface area contributed by atoms with Crippen molar-refractivity contribution in [3.05, 3.63) is 40.0 Å². The number of hydrogen-bond donors (Lipinski definition) is 2. The highest BCUT2D eigenvalue weighted by Gasteiger charge is 2.22. The van der Waals surface area contributed by atoms with Crippen LogP contribution < -0.4 is 10.1 Å². The molecule has 7 heteroatoms. The topological polar surface area (TPSA) is 67.3 Å². The molecule has 4 rings (SSSR count). The second-order valence-corrected chi connectivity index (χ2v) is 8.72. The number of hydrogen-bond acceptors (Lipinski definition) is 6. The minimum Gasteiger partial charge on any atom is -0.488 e. The zero-order valence-corrected chi connectivity index (χ0v) is 17.6. The van der Waals surface area contributed by atoms with Crippen molar-refractivity contribution >= 4 is 33.2 Å². The van der Waals surface area contributed by atoms with Crippen molar-refractivity contribution in [2.24, 2.45) is 0 Å². The summed E-state index contributed by atoms with van der Waals surface area (Å²) in [5.41, 5.74) is 3.50. The van der Waals surface area contributed by atoms with Crippen molar-refractivity contribution in [1.82, 2.24) is 15.3 Å². The van der Waals surface area contributed by atoms with Gasteiger partial charge in [0.05, 0.1) is 22.0 Å². The first kappa shape index (κ1) is 19.6. The fraction of sp³-hybridized carbons (Fsp3) is 0.429. The van der Waals surface area contributed by atoms with Crippen LogP contribution in [0.25, 0.3) is 21.5 Å². The van der Waals surface area contributed by atoms with Crippen molar-refractivity contribution in [2.45, 2.75) is 45.3 Å².